The predicted octanol–water partition coefficient (Wildman–Crippen LogP) is 3.36. The molecule has 2 aromatic rings. The van der Waals surface area contributed by atoms with Crippen LogP contribution in [0.3, 0.4) is 0 Å². The summed E-state index contributed by atoms with van der Waals surface area (Å²) in [4.78, 5) is 6.51. The van der Waals surface area contributed by atoms with Gasteiger partial charge in [-0.2, -0.15) is 0 Å². The van der Waals surface area contributed by atoms with Crippen molar-refractivity contribution in [2.75, 3.05) is 39.9 Å². The number of guanidine groups is 1. The number of morpholine rings is 1. The standard InChI is InChI=1S/C21H25ClF2N4O/c1-25-21(26-13-15-12-16(23)6-7-19(15)24)27-14-20(28-8-10-29-11-9-28)17-4-2-3-5-18(17)22/h2-7,12,20H,8-11,13-14H2,1H3,(H2,25,26,27). The van der Waals surface area contributed by atoms with Crippen molar-refractivity contribution in [1.29, 1.82) is 0 Å². The summed E-state index contributed by atoms with van der Waals surface area (Å²) in [5.74, 6) is -0.437. The highest BCUT2D eigenvalue weighted by molar-refractivity contribution is 6.31. The van der Waals surface area contributed by atoms with Crippen molar-refractivity contribution in [3.8, 4) is 0 Å². The van der Waals surface area contributed by atoms with Gasteiger partial charge in [-0.05, 0) is 29.8 Å². The summed E-state index contributed by atoms with van der Waals surface area (Å²) >= 11 is 6.45. The molecule has 1 heterocycles. The van der Waals surface area contributed by atoms with Crippen molar-refractivity contribution in [2.45, 2.75) is 12.6 Å². The molecule has 0 spiro atoms. The lowest BCUT2D eigenvalue weighted by Crippen LogP contribution is -2.46. The maximum absolute atomic E-state index is 13.8. The van der Waals surface area contributed by atoms with Gasteiger partial charge >= 0.3 is 0 Å². The Bertz CT molecular complexity index is 843. The lowest BCUT2D eigenvalue weighted by molar-refractivity contribution is 0.0170. The molecule has 8 heteroatoms. The minimum atomic E-state index is -0.475. The molecule has 156 valence electrons. The van der Waals surface area contributed by atoms with Crippen molar-refractivity contribution in [3.63, 3.8) is 0 Å². The number of rotatable bonds is 6. The van der Waals surface area contributed by atoms with Crippen molar-refractivity contribution in [1.82, 2.24) is 15.5 Å². The number of aliphatic imine (C=N–C) groups is 1. The Morgan fingerprint density at radius 1 is 1.17 bits per heavy atom. The van der Waals surface area contributed by atoms with E-state index in [2.05, 4.69) is 20.5 Å². The summed E-state index contributed by atoms with van der Waals surface area (Å²) in [5, 5.41) is 7.02. The second-order valence-corrected chi connectivity index (χ2v) is 7.14. The van der Waals surface area contributed by atoms with E-state index >= 15 is 0 Å². The molecule has 1 fully saturated rings. The molecule has 29 heavy (non-hydrogen) atoms. The molecule has 3 rings (SSSR count). The molecule has 0 saturated carbocycles. The van der Waals surface area contributed by atoms with E-state index in [0.29, 0.717) is 30.7 Å². The van der Waals surface area contributed by atoms with Crippen molar-refractivity contribution < 1.29 is 13.5 Å². The summed E-state index contributed by atoms with van der Waals surface area (Å²) in [6.45, 7) is 3.63. The molecule has 5 nitrogen and oxygen atoms in total. The molecule has 1 unspecified atom stereocenters. The number of halogens is 3. The fourth-order valence-electron chi connectivity index (χ4n) is 3.34. The van der Waals surface area contributed by atoms with Crippen LogP contribution in [0.25, 0.3) is 0 Å². The summed E-state index contributed by atoms with van der Waals surface area (Å²) in [5.41, 5.74) is 1.26. The Balaban J connectivity index is 1.67. The smallest absolute Gasteiger partial charge is 0.191 e. The molecule has 2 N–H and O–H groups in total. The zero-order chi connectivity index (χ0) is 20.6. The maximum Gasteiger partial charge on any atom is 0.191 e. The molecule has 0 radical (unpaired) electrons. The quantitative estimate of drug-likeness (QED) is 0.553. The van der Waals surface area contributed by atoms with Gasteiger partial charge in [0.15, 0.2) is 5.96 Å². The third-order valence-corrected chi connectivity index (χ3v) is 5.24. The highest BCUT2D eigenvalue weighted by Gasteiger charge is 2.24. The fourth-order valence-corrected chi connectivity index (χ4v) is 3.60. The maximum atomic E-state index is 13.8. The SMILES string of the molecule is CN=C(NCc1cc(F)ccc1F)NCC(c1ccccc1Cl)N1CCOCC1. The third kappa shape index (κ3) is 5.88. The topological polar surface area (TPSA) is 48.9 Å². The Morgan fingerprint density at radius 3 is 2.66 bits per heavy atom. The first-order chi connectivity index (χ1) is 14.1. The Labute approximate surface area is 174 Å². The molecule has 1 saturated heterocycles. The molecule has 0 amide bonds. The van der Waals surface area contributed by atoms with E-state index in [0.717, 1.165) is 30.8 Å². The molecular formula is C21H25ClF2N4O. The van der Waals surface area contributed by atoms with Gasteiger partial charge in [0.25, 0.3) is 0 Å². The Kier molecular flexibility index (Phi) is 7.80. The van der Waals surface area contributed by atoms with E-state index in [1.165, 1.54) is 6.07 Å². The lowest BCUT2D eigenvalue weighted by atomic mass is 10.0. The van der Waals surface area contributed by atoms with Crippen LogP contribution in [0.1, 0.15) is 17.2 Å². The van der Waals surface area contributed by atoms with Gasteiger partial charge in [0.05, 0.1) is 19.3 Å². The van der Waals surface area contributed by atoms with Gasteiger partial charge in [0.2, 0.25) is 0 Å². The summed E-state index contributed by atoms with van der Waals surface area (Å²) in [6.07, 6.45) is 0. The fraction of sp³-hybridized carbons (Fsp3) is 0.381. The minimum absolute atomic E-state index is 0.0251. The Hall–Kier alpha value is -2.22. The van der Waals surface area contributed by atoms with Crippen LogP contribution >= 0.6 is 11.6 Å². The van der Waals surface area contributed by atoms with Crippen LogP contribution in [0.2, 0.25) is 5.02 Å². The lowest BCUT2D eigenvalue weighted by Gasteiger charge is -2.35. The van der Waals surface area contributed by atoms with Crippen LogP contribution in [0.15, 0.2) is 47.5 Å². The molecule has 0 aromatic heterocycles. The van der Waals surface area contributed by atoms with Crippen LogP contribution in [0.5, 0.6) is 0 Å². The summed E-state index contributed by atoms with van der Waals surface area (Å²) in [7, 11) is 1.64. The molecule has 0 aliphatic carbocycles. The normalized spacial score (nSPS) is 16.5. The first-order valence-corrected chi connectivity index (χ1v) is 9.91. The second-order valence-electron chi connectivity index (χ2n) is 6.73. The largest absolute Gasteiger partial charge is 0.379 e. The average Bonchev–Trinajstić information content (AvgIpc) is 2.74. The Morgan fingerprint density at radius 2 is 1.93 bits per heavy atom. The van der Waals surface area contributed by atoms with Crippen LogP contribution in [0, 0.1) is 11.6 Å². The monoisotopic (exact) mass is 422 g/mol. The number of ether oxygens (including phenoxy) is 1. The van der Waals surface area contributed by atoms with E-state index in [-0.39, 0.29) is 18.2 Å². The molecular weight excluding hydrogens is 398 g/mol. The van der Waals surface area contributed by atoms with Crippen molar-refractivity contribution in [2.24, 2.45) is 4.99 Å². The third-order valence-electron chi connectivity index (χ3n) is 4.89. The van der Waals surface area contributed by atoms with Gasteiger partial charge in [-0.3, -0.25) is 9.89 Å². The average molecular weight is 423 g/mol. The van der Waals surface area contributed by atoms with Gasteiger partial charge in [0, 0.05) is 43.8 Å². The van der Waals surface area contributed by atoms with Crippen LogP contribution in [-0.4, -0.2) is 50.8 Å². The van der Waals surface area contributed by atoms with Gasteiger partial charge in [-0.25, -0.2) is 8.78 Å². The summed E-state index contributed by atoms with van der Waals surface area (Å²) < 4.78 is 32.7. The predicted molar refractivity (Wildman–Crippen MR) is 111 cm³/mol. The zero-order valence-corrected chi connectivity index (χ0v) is 17.1. The molecule has 1 aliphatic rings. The van der Waals surface area contributed by atoms with Crippen molar-refractivity contribution in [3.05, 3.63) is 70.2 Å². The van der Waals surface area contributed by atoms with E-state index in [9.17, 15) is 8.78 Å². The van der Waals surface area contributed by atoms with Gasteiger partial charge < -0.3 is 15.4 Å². The van der Waals surface area contributed by atoms with Gasteiger partial charge in [-0.15, -0.1) is 0 Å². The number of nitrogens with one attached hydrogen (secondary N) is 2. The molecule has 2 aromatic carbocycles. The number of benzene rings is 2. The molecule has 1 atom stereocenters. The highest BCUT2D eigenvalue weighted by atomic mass is 35.5. The molecule has 1 aliphatic heterocycles. The van der Waals surface area contributed by atoms with E-state index in [4.69, 9.17) is 16.3 Å². The van der Waals surface area contributed by atoms with Crippen LogP contribution in [-0.2, 0) is 11.3 Å². The zero-order valence-electron chi connectivity index (χ0n) is 16.3. The highest BCUT2D eigenvalue weighted by Crippen LogP contribution is 2.27. The first kappa shape index (κ1) is 21.5. The minimum Gasteiger partial charge on any atom is -0.379 e. The van der Waals surface area contributed by atoms with Gasteiger partial charge in [0.1, 0.15) is 11.6 Å². The number of hydrogen-bond acceptors (Lipinski definition) is 3. The van der Waals surface area contributed by atoms with E-state index in [1.54, 1.807) is 7.05 Å². The molecule has 0 bridgehead atoms. The second kappa shape index (κ2) is 10.5. The van der Waals surface area contributed by atoms with Crippen molar-refractivity contribution >= 4 is 17.6 Å². The van der Waals surface area contributed by atoms with Crippen LogP contribution < -0.4 is 10.6 Å². The van der Waals surface area contributed by atoms with E-state index < -0.39 is 11.6 Å². The number of nitrogens with zero attached hydrogens (tertiary/aromatic N) is 2. The first-order valence-electron chi connectivity index (χ1n) is 9.53. The van der Waals surface area contributed by atoms with E-state index in [1.807, 2.05) is 24.3 Å². The number of hydrogen-bond donors (Lipinski definition) is 2. The summed E-state index contributed by atoms with van der Waals surface area (Å²) in [6, 6.07) is 11.2. The van der Waals surface area contributed by atoms with Gasteiger partial charge in [-0.1, -0.05) is 29.8 Å². The van der Waals surface area contributed by atoms with Crippen LogP contribution in [0.4, 0.5) is 8.78 Å².